The number of amides is 9. The number of aliphatic carboxylic acids is 1. The van der Waals surface area contributed by atoms with Gasteiger partial charge in [0, 0.05) is 42.9 Å². The second kappa shape index (κ2) is 29.9. The lowest BCUT2D eigenvalue weighted by Crippen LogP contribution is -2.61. The van der Waals surface area contributed by atoms with Crippen LogP contribution in [0.2, 0.25) is 0 Å². The molecule has 1 aliphatic rings. The molecule has 0 aliphatic carbocycles. The molecule has 9 amide bonds. The Bertz CT molecular complexity index is 2570. The van der Waals surface area contributed by atoms with Crippen LogP contribution < -0.4 is 48.7 Å². The Morgan fingerprint density at radius 3 is 1.79 bits per heavy atom. The minimum Gasteiger partial charge on any atom is -0.480 e. The normalized spacial score (nSPS) is 16.9. The number of carbonyl (C=O) groups is 10. The monoisotopic (exact) mass is 1090 g/mol. The molecule has 0 radical (unpaired) electrons. The van der Waals surface area contributed by atoms with E-state index in [9.17, 15) is 58.2 Å². The summed E-state index contributed by atoms with van der Waals surface area (Å²) < 4.78 is 0. The predicted molar refractivity (Wildman–Crippen MR) is 290 cm³/mol. The van der Waals surface area contributed by atoms with Gasteiger partial charge in [0.15, 0.2) is 0 Å². The summed E-state index contributed by atoms with van der Waals surface area (Å²) in [5.41, 5.74) is 13.8. The zero-order valence-electron chi connectivity index (χ0n) is 45.9. The lowest BCUT2D eigenvalue weighted by Gasteiger charge is -2.32. The Hall–Kier alpha value is -7.40. The first-order chi connectivity index (χ1) is 36.9. The first-order valence-electron chi connectivity index (χ1n) is 26.8. The third-order valence-electron chi connectivity index (χ3n) is 14.0. The molecule has 428 valence electrons. The van der Waals surface area contributed by atoms with Gasteiger partial charge in [0.2, 0.25) is 53.2 Å². The van der Waals surface area contributed by atoms with Crippen molar-refractivity contribution in [3.63, 3.8) is 0 Å². The number of nitrogens with one attached hydrogen (secondary N) is 8. The topological polar surface area (TPSA) is 366 Å². The fourth-order valence-electron chi connectivity index (χ4n) is 9.12. The smallest absolute Gasteiger partial charge is 0.326 e. The Balaban J connectivity index is 1.59. The molecule has 2 aromatic carbocycles. The molecular weight excluding hydrogens is 1010 g/mol. The minimum absolute atomic E-state index is 0.0765. The zero-order valence-corrected chi connectivity index (χ0v) is 45.9. The number of aliphatic hydroxyl groups is 1. The Morgan fingerprint density at radius 2 is 1.21 bits per heavy atom. The largest absolute Gasteiger partial charge is 0.480 e. The van der Waals surface area contributed by atoms with Crippen LogP contribution in [0.5, 0.6) is 0 Å². The summed E-state index contributed by atoms with van der Waals surface area (Å²) in [6.45, 7) is 13.1. The SMILES string of the molecule is CC[C@H](C)[C@H](N)C(=O)N[C@@H](CC(C)C)C(=O)N[C@@H](Cc1c[nH]c2ccccc12)C(=O)N[C@@H](CCC(N)=O)C(=O)N[C@H](C(=O)N1CCC[C@H]1C(=O)N[C@@H](Cc1ccccc1)C(=O)N[C@@H](CO)C(=O)N[C@H](C(=O)O)C(C)C)C(C)C. The second-order valence-corrected chi connectivity index (χ2v) is 21.3. The molecule has 3 aromatic rings. The molecular formula is C55H81N11O12. The number of H-pyrrole nitrogens is 1. The number of para-hydroxylation sites is 1. The number of aromatic nitrogens is 1. The van der Waals surface area contributed by atoms with Gasteiger partial charge in [0.25, 0.3) is 0 Å². The van der Waals surface area contributed by atoms with Gasteiger partial charge in [-0.25, -0.2) is 4.79 Å². The van der Waals surface area contributed by atoms with Crippen LogP contribution in [0.25, 0.3) is 10.9 Å². The molecule has 0 bridgehead atoms. The van der Waals surface area contributed by atoms with Crippen molar-refractivity contribution in [2.45, 2.75) is 161 Å². The maximum atomic E-state index is 14.6. The van der Waals surface area contributed by atoms with Crippen molar-refractivity contribution in [1.82, 2.24) is 47.1 Å². The zero-order chi connectivity index (χ0) is 58.0. The van der Waals surface area contributed by atoms with E-state index in [0.717, 1.165) is 10.9 Å². The molecule has 23 nitrogen and oxygen atoms in total. The molecule has 23 heteroatoms. The first-order valence-corrected chi connectivity index (χ1v) is 26.8. The Kier molecular flexibility index (Phi) is 24.2. The summed E-state index contributed by atoms with van der Waals surface area (Å²) in [5.74, 6) is -9.66. The number of rotatable bonds is 30. The summed E-state index contributed by atoms with van der Waals surface area (Å²) in [6, 6.07) is 4.38. The van der Waals surface area contributed by atoms with Crippen LogP contribution in [0, 0.1) is 23.7 Å². The van der Waals surface area contributed by atoms with E-state index in [1.807, 2.05) is 52.0 Å². The highest BCUT2D eigenvalue weighted by Crippen LogP contribution is 2.23. The maximum absolute atomic E-state index is 14.6. The highest BCUT2D eigenvalue weighted by molar-refractivity contribution is 5.99. The number of carboxylic acids is 1. The lowest BCUT2D eigenvalue weighted by atomic mass is 9.97. The summed E-state index contributed by atoms with van der Waals surface area (Å²) in [4.78, 5) is 141. The van der Waals surface area contributed by atoms with Crippen molar-refractivity contribution in [1.29, 1.82) is 0 Å². The van der Waals surface area contributed by atoms with E-state index in [1.165, 1.54) is 4.90 Å². The second-order valence-electron chi connectivity index (χ2n) is 21.3. The maximum Gasteiger partial charge on any atom is 0.326 e. The van der Waals surface area contributed by atoms with Crippen LogP contribution in [0.4, 0.5) is 0 Å². The van der Waals surface area contributed by atoms with Crippen LogP contribution in [0.15, 0.2) is 60.8 Å². The third kappa shape index (κ3) is 18.1. The van der Waals surface area contributed by atoms with Gasteiger partial charge in [-0.15, -0.1) is 0 Å². The third-order valence-corrected chi connectivity index (χ3v) is 14.0. The number of hydrogen-bond donors (Lipinski definition) is 12. The van der Waals surface area contributed by atoms with Crippen LogP contribution in [-0.2, 0) is 60.8 Å². The molecule has 10 atom stereocenters. The van der Waals surface area contributed by atoms with E-state index in [-0.39, 0.29) is 56.9 Å². The highest BCUT2D eigenvalue weighted by Gasteiger charge is 2.41. The number of carbonyl (C=O) groups excluding carboxylic acids is 9. The molecule has 14 N–H and O–H groups in total. The van der Waals surface area contributed by atoms with Gasteiger partial charge < -0.3 is 68.8 Å². The number of aliphatic hydroxyl groups excluding tert-OH is 1. The number of aromatic amines is 1. The average Bonchev–Trinajstić information content (AvgIpc) is 4.09. The van der Waals surface area contributed by atoms with Gasteiger partial charge in [0.1, 0.15) is 48.3 Å². The lowest BCUT2D eigenvalue weighted by molar-refractivity contribution is -0.144. The number of primary amides is 1. The quantitative estimate of drug-likeness (QED) is 0.0431. The van der Waals surface area contributed by atoms with Gasteiger partial charge in [-0.05, 0) is 66.5 Å². The van der Waals surface area contributed by atoms with Crippen LogP contribution >= 0.6 is 0 Å². The van der Waals surface area contributed by atoms with Crippen LogP contribution in [0.3, 0.4) is 0 Å². The summed E-state index contributed by atoms with van der Waals surface area (Å²) >= 11 is 0. The minimum atomic E-state index is -1.59. The van der Waals surface area contributed by atoms with E-state index < -0.39 is 132 Å². The highest BCUT2D eigenvalue weighted by atomic mass is 16.4. The van der Waals surface area contributed by atoms with Gasteiger partial charge in [-0.1, -0.05) is 110 Å². The molecule has 1 aliphatic heterocycles. The molecule has 1 fully saturated rings. The van der Waals surface area contributed by atoms with Crippen molar-refractivity contribution >= 4 is 70.0 Å². The van der Waals surface area contributed by atoms with E-state index in [4.69, 9.17) is 11.5 Å². The molecule has 2 heterocycles. The summed E-state index contributed by atoms with van der Waals surface area (Å²) in [6.07, 6.45) is 2.19. The van der Waals surface area contributed by atoms with Gasteiger partial charge >= 0.3 is 5.97 Å². The fourth-order valence-corrected chi connectivity index (χ4v) is 9.12. The number of hydrogen-bond acceptors (Lipinski definition) is 12. The number of nitrogens with zero attached hydrogens (tertiary/aromatic N) is 1. The number of carboxylic acid groups (broad SMARTS) is 1. The number of nitrogens with two attached hydrogens (primary N) is 2. The summed E-state index contributed by atoms with van der Waals surface area (Å²) in [7, 11) is 0. The molecule has 0 unspecified atom stereocenters. The van der Waals surface area contributed by atoms with E-state index >= 15 is 0 Å². The number of benzene rings is 2. The van der Waals surface area contributed by atoms with Gasteiger partial charge in [-0.3, -0.25) is 43.2 Å². The van der Waals surface area contributed by atoms with Gasteiger partial charge in [0.05, 0.1) is 12.6 Å². The van der Waals surface area contributed by atoms with Crippen LogP contribution in [-0.4, -0.2) is 147 Å². The molecule has 78 heavy (non-hydrogen) atoms. The van der Waals surface area contributed by atoms with Gasteiger partial charge in [-0.2, -0.15) is 0 Å². The molecule has 0 spiro atoms. The van der Waals surface area contributed by atoms with Crippen molar-refractivity contribution in [2.75, 3.05) is 13.2 Å². The Morgan fingerprint density at radius 1 is 0.667 bits per heavy atom. The van der Waals surface area contributed by atoms with E-state index in [0.29, 0.717) is 24.0 Å². The number of likely N-dealkylation sites (tertiary alicyclic amines) is 1. The Labute approximate surface area is 455 Å². The van der Waals surface area contributed by atoms with Crippen LogP contribution in [0.1, 0.15) is 105 Å². The molecule has 1 aromatic heterocycles. The average molecular weight is 1090 g/mol. The fraction of sp³-hybridized carbons (Fsp3) is 0.564. The predicted octanol–water partition coefficient (Wildman–Crippen LogP) is 0.412. The van der Waals surface area contributed by atoms with Crippen molar-refractivity contribution in [2.24, 2.45) is 35.1 Å². The molecule has 0 saturated carbocycles. The standard InChI is InChI=1S/C55H81N11O12/c1-9-32(8)44(57)53(75)62-38(24-29(2)3)48(70)60-40(26-34-27-58-36-19-14-13-18-35(34)36)50(72)59-37(21-22-43(56)68)47(69)64-45(30(4)5)54(76)66-23-15-20-42(66)52(74)61-39(25-33-16-11-10-12-17-33)49(71)63-41(28-67)51(73)65-46(31(6)7)55(77)78/h10-14,16-19,27,29-32,37-42,44-46,58,67H,9,15,20-26,28,57H2,1-8H3,(H2,56,68)(H,59,72)(H,60,70)(H,61,74)(H,62,75)(H,63,71)(H,64,69)(H,65,73)(H,77,78)/t32-,37-,38-,39-,40-,41-,42-,44-,45-,46-/m0/s1. The first kappa shape index (κ1) is 63.1. The van der Waals surface area contributed by atoms with Crippen molar-refractivity contribution in [3.8, 4) is 0 Å². The molecule has 4 rings (SSSR count). The van der Waals surface area contributed by atoms with E-state index in [2.05, 4.69) is 42.2 Å². The number of fused-ring (bicyclic) bond motifs is 1. The van der Waals surface area contributed by atoms with Crippen molar-refractivity contribution < 1.29 is 58.2 Å². The summed E-state index contributed by atoms with van der Waals surface area (Å²) in [5, 5.41) is 38.9. The van der Waals surface area contributed by atoms with Crippen molar-refractivity contribution in [3.05, 3.63) is 71.9 Å². The molecule has 1 saturated heterocycles. The van der Waals surface area contributed by atoms with E-state index in [1.54, 1.807) is 64.2 Å².